The molecule has 5 heteroatoms. The molecule has 1 saturated heterocycles. The van der Waals surface area contributed by atoms with Crippen LogP contribution in [0.25, 0.3) is 0 Å². The van der Waals surface area contributed by atoms with E-state index in [0.717, 1.165) is 29.8 Å². The van der Waals surface area contributed by atoms with Crippen LogP contribution in [0.1, 0.15) is 29.5 Å². The van der Waals surface area contributed by atoms with Crippen LogP contribution in [-0.2, 0) is 22.4 Å². The van der Waals surface area contributed by atoms with Crippen LogP contribution < -0.4 is 10.2 Å². The van der Waals surface area contributed by atoms with E-state index < -0.39 is 0 Å². The third-order valence-corrected chi connectivity index (χ3v) is 5.74. The number of carbonyl (C=O) groups is 2. The Hall–Kier alpha value is -2.33. The van der Waals surface area contributed by atoms with E-state index in [2.05, 4.69) is 17.4 Å². The first-order valence-corrected chi connectivity index (χ1v) is 9.38. The number of carbonyl (C=O) groups excluding carboxylic acids is 2. The first-order chi connectivity index (χ1) is 12.5. The van der Waals surface area contributed by atoms with E-state index in [4.69, 9.17) is 11.6 Å². The van der Waals surface area contributed by atoms with Gasteiger partial charge in [-0.05, 0) is 67.1 Å². The van der Waals surface area contributed by atoms with E-state index in [9.17, 15) is 9.59 Å². The second-order valence-electron chi connectivity index (χ2n) is 7.17. The summed E-state index contributed by atoms with van der Waals surface area (Å²) in [6.07, 6.45) is 3.60. The summed E-state index contributed by atoms with van der Waals surface area (Å²) < 4.78 is 0. The highest BCUT2D eigenvalue weighted by Gasteiger charge is 2.35. The monoisotopic (exact) mass is 368 g/mol. The van der Waals surface area contributed by atoms with Crippen molar-refractivity contribution in [3.8, 4) is 0 Å². The number of hydrogen-bond donors (Lipinski definition) is 1. The Kier molecular flexibility index (Phi) is 4.45. The quantitative estimate of drug-likeness (QED) is 0.885. The van der Waals surface area contributed by atoms with Crippen molar-refractivity contribution in [1.82, 2.24) is 0 Å². The van der Waals surface area contributed by atoms with Crippen molar-refractivity contribution in [1.29, 1.82) is 0 Å². The first kappa shape index (κ1) is 17.1. The van der Waals surface area contributed by atoms with Crippen molar-refractivity contribution < 1.29 is 9.59 Å². The molecular weight excluding hydrogens is 348 g/mol. The van der Waals surface area contributed by atoms with E-state index in [0.29, 0.717) is 11.6 Å². The van der Waals surface area contributed by atoms with Crippen LogP contribution >= 0.6 is 11.6 Å². The summed E-state index contributed by atoms with van der Waals surface area (Å²) in [6.45, 7) is 2.31. The number of nitrogens with one attached hydrogen (secondary N) is 1. The van der Waals surface area contributed by atoms with Crippen LogP contribution in [0, 0.1) is 12.8 Å². The minimum Gasteiger partial charge on any atom is -0.326 e. The van der Waals surface area contributed by atoms with Gasteiger partial charge in [-0.15, -0.1) is 0 Å². The van der Waals surface area contributed by atoms with Crippen molar-refractivity contribution in [3.63, 3.8) is 0 Å². The van der Waals surface area contributed by atoms with Crippen molar-refractivity contribution >= 4 is 34.8 Å². The molecule has 0 bridgehead atoms. The zero-order valence-electron chi connectivity index (χ0n) is 14.7. The van der Waals surface area contributed by atoms with Crippen LogP contribution in [0.5, 0.6) is 0 Å². The number of benzene rings is 2. The summed E-state index contributed by atoms with van der Waals surface area (Å²) in [5.41, 5.74) is 5.23. The summed E-state index contributed by atoms with van der Waals surface area (Å²) in [6, 6.07) is 11.7. The molecule has 1 aliphatic heterocycles. The lowest BCUT2D eigenvalue weighted by Crippen LogP contribution is -2.28. The predicted octanol–water partition coefficient (Wildman–Crippen LogP) is 4.13. The molecule has 4 rings (SSSR count). The maximum absolute atomic E-state index is 12.6. The maximum Gasteiger partial charge on any atom is 0.229 e. The topological polar surface area (TPSA) is 49.4 Å². The molecule has 2 aromatic rings. The predicted molar refractivity (Wildman–Crippen MR) is 104 cm³/mol. The number of anilines is 2. The molecule has 134 valence electrons. The van der Waals surface area contributed by atoms with Crippen LogP contribution in [0.15, 0.2) is 36.4 Å². The van der Waals surface area contributed by atoms with Gasteiger partial charge in [0.05, 0.1) is 5.92 Å². The molecule has 2 aromatic carbocycles. The molecule has 1 heterocycles. The summed E-state index contributed by atoms with van der Waals surface area (Å²) in [7, 11) is 0. The molecule has 2 aliphatic rings. The van der Waals surface area contributed by atoms with Gasteiger partial charge in [-0.3, -0.25) is 9.59 Å². The Bertz CT molecular complexity index is 894. The number of aryl methyl sites for hydroxylation is 3. The van der Waals surface area contributed by atoms with Crippen molar-refractivity contribution in [3.05, 3.63) is 58.1 Å². The molecule has 1 atom stereocenters. The number of fused-ring (bicyclic) bond motifs is 1. The molecule has 0 aromatic heterocycles. The molecule has 1 fully saturated rings. The Labute approximate surface area is 158 Å². The fourth-order valence-electron chi connectivity index (χ4n) is 3.78. The zero-order valence-corrected chi connectivity index (χ0v) is 15.5. The van der Waals surface area contributed by atoms with E-state index in [1.165, 1.54) is 17.5 Å². The summed E-state index contributed by atoms with van der Waals surface area (Å²) >= 11 is 6.18. The highest BCUT2D eigenvalue weighted by molar-refractivity contribution is 6.31. The first-order valence-electron chi connectivity index (χ1n) is 9.00. The molecule has 2 amide bonds. The van der Waals surface area contributed by atoms with E-state index >= 15 is 0 Å². The second kappa shape index (κ2) is 6.76. The number of rotatable bonds is 3. The zero-order chi connectivity index (χ0) is 18.3. The standard InChI is InChI=1S/C21H21ClN2O2/c1-13-5-8-18(11-19(13)22)24-12-16(10-20(24)25)21(26)23-17-7-6-14-3-2-4-15(14)9-17/h5-9,11,16H,2-4,10,12H2,1H3,(H,23,26). The summed E-state index contributed by atoms with van der Waals surface area (Å²) in [5, 5.41) is 3.61. The average molecular weight is 369 g/mol. The van der Waals surface area contributed by atoms with Gasteiger partial charge in [0.15, 0.2) is 0 Å². The maximum atomic E-state index is 12.6. The number of hydrogen-bond acceptors (Lipinski definition) is 2. The van der Waals surface area contributed by atoms with E-state index in [1.54, 1.807) is 11.0 Å². The SMILES string of the molecule is Cc1ccc(N2CC(C(=O)Nc3ccc4c(c3)CCC4)CC2=O)cc1Cl. The smallest absolute Gasteiger partial charge is 0.229 e. The molecule has 4 nitrogen and oxygen atoms in total. The Morgan fingerprint density at radius 2 is 1.96 bits per heavy atom. The lowest BCUT2D eigenvalue weighted by Gasteiger charge is -2.17. The van der Waals surface area contributed by atoms with Crippen LogP contribution in [-0.4, -0.2) is 18.4 Å². The molecule has 0 spiro atoms. The minimum absolute atomic E-state index is 0.0426. The lowest BCUT2D eigenvalue weighted by atomic mass is 10.1. The molecule has 0 saturated carbocycles. The molecule has 1 aliphatic carbocycles. The van der Waals surface area contributed by atoms with Gasteiger partial charge in [0, 0.05) is 29.4 Å². The van der Waals surface area contributed by atoms with Crippen LogP contribution in [0.4, 0.5) is 11.4 Å². The van der Waals surface area contributed by atoms with Crippen molar-refractivity contribution in [2.75, 3.05) is 16.8 Å². The van der Waals surface area contributed by atoms with Gasteiger partial charge in [0.2, 0.25) is 11.8 Å². The largest absolute Gasteiger partial charge is 0.326 e. The van der Waals surface area contributed by atoms with Crippen LogP contribution in [0.3, 0.4) is 0 Å². The van der Waals surface area contributed by atoms with E-state index in [1.807, 2.05) is 25.1 Å². The molecule has 1 N–H and O–H groups in total. The van der Waals surface area contributed by atoms with E-state index in [-0.39, 0.29) is 24.2 Å². The second-order valence-corrected chi connectivity index (χ2v) is 7.57. The fourth-order valence-corrected chi connectivity index (χ4v) is 3.95. The lowest BCUT2D eigenvalue weighted by molar-refractivity contribution is -0.122. The van der Waals surface area contributed by atoms with Gasteiger partial charge >= 0.3 is 0 Å². The van der Waals surface area contributed by atoms with Gasteiger partial charge in [0.25, 0.3) is 0 Å². The Morgan fingerprint density at radius 1 is 1.15 bits per heavy atom. The fraction of sp³-hybridized carbons (Fsp3) is 0.333. The van der Waals surface area contributed by atoms with Crippen molar-refractivity contribution in [2.45, 2.75) is 32.6 Å². The molecule has 0 radical (unpaired) electrons. The van der Waals surface area contributed by atoms with Gasteiger partial charge in [-0.2, -0.15) is 0 Å². The number of nitrogens with zero attached hydrogens (tertiary/aromatic N) is 1. The Balaban J connectivity index is 1.46. The Morgan fingerprint density at radius 3 is 2.77 bits per heavy atom. The van der Waals surface area contributed by atoms with Gasteiger partial charge in [-0.1, -0.05) is 23.7 Å². The number of amides is 2. The minimum atomic E-state index is -0.351. The third-order valence-electron chi connectivity index (χ3n) is 5.33. The molecular formula is C21H21ClN2O2. The third kappa shape index (κ3) is 3.21. The highest BCUT2D eigenvalue weighted by atomic mass is 35.5. The average Bonchev–Trinajstić information content (AvgIpc) is 3.23. The van der Waals surface area contributed by atoms with Gasteiger partial charge in [0.1, 0.15) is 0 Å². The summed E-state index contributed by atoms with van der Waals surface area (Å²) in [4.78, 5) is 26.7. The van der Waals surface area contributed by atoms with Crippen LogP contribution in [0.2, 0.25) is 5.02 Å². The highest BCUT2D eigenvalue weighted by Crippen LogP contribution is 2.30. The number of halogens is 1. The van der Waals surface area contributed by atoms with Crippen molar-refractivity contribution in [2.24, 2.45) is 5.92 Å². The van der Waals surface area contributed by atoms with Gasteiger partial charge in [-0.25, -0.2) is 0 Å². The molecule has 26 heavy (non-hydrogen) atoms. The normalized spacial score (nSPS) is 18.9. The summed E-state index contributed by atoms with van der Waals surface area (Å²) in [5.74, 6) is -0.494. The molecule has 1 unspecified atom stereocenters. The van der Waals surface area contributed by atoms with Gasteiger partial charge < -0.3 is 10.2 Å².